The molecule has 1 aromatic carbocycles. The number of anilines is 2. The molecule has 1 heterocycles. The minimum atomic E-state index is 0.387. The van der Waals surface area contributed by atoms with Crippen molar-refractivity contribution >= 4 is 45.6 Å². The van der Waals surface area contributed by atoms with E-state index in [1.54, 1.807) is 7.11 Å². The molecule has 1 fully saturated rings. The molecule has 138 valence electrons. The fourth-order valence-electron chi connectivity index (χ4n) is 2.64. The Morgan fingerprint density at radius 2 is 1.96 bits per heavy atom. The lowest BCUT2D eigenvalue weighted by Gasteiger charge is -2.36. The molecule has 0 amide bonds. The van der Waals surface area contributed by atoms with Crippen molar-refractivity contribution in [1.29, 1.82) is 0 Å². The number of thiocarbonyl (C=S) groups is 1. The number of aliphatic imine (C=N–C) groups is 1. The number of nitrogens with zero attached hydrogens (tertiary/aromatic N) is 3. The third-order valence-corrected chi connectivity index (χ3v) is 4.84. The Bertz CT molecular complexity index is 571. The third kappa shape index (κ3) is 6.81. The van der Waals surface area contributed by atoms with E-state index in [1.807, 2.05) is 19.1 Å². The lowest BCUT2D eigenvalue weighted by molar-refractivity contribution is 0.144. The molecule has 1 saturated heterocycles. The predicted octanol–water partition coefficient (Wildman–Crippen LogP) is 2.22. The highest BCUT2D eigenvalue weighted by atomic mass is 32.2. The van der Waals surface area contributed by atoms with Crippen LogP contribution in [0, 0.1) is 0 Å². The van der Waals surface area contributed by atoms with Crippen molar-refractivity contribution in [3.05, 3.63) is 24.3 Å². The summed E-state index contributed by atoms with van der Waals surface area (Å²) in [6.07, 6.45) is 0. The Hall–Kier alpha value is -1.35. The molecule has 25 heavy (non-hydrogen) atoms. The maximum atomic E-state index is 5.77. The minimum Gasteiger partial charge on any atom is -0.383 e. The average Bonchev–Trinajstić information content (AvgIpc) is 2.61. The highest BCUT2D eigenvalue weighted by Crippen LogP contribution is 2.19. The highest BCUT2D eigenvalue weighted by molar-refractivity contribution is 8.13. The van der Waals surface area contributed by atoms with E-state index >= 15 is 0 Å². The summed E-state index contributed by atoms with van der Waals surface area (Å²) < 4.78 is 5.15. The Labute approximate surface area is 159 Å². The van der Waals surface area contributed by atoms with Crippen molar-refractivity contribution < 1.29 is 4.74 Å². The van der Waals surface area contributed by atoms with E-state index in [-0.39, 0.29) is 0 Å². The SMILES string of the molecule is CCS/C(N)=N/C(=S)Nc1ccc(N2CCN(CCOC)CC2)cc1. The smallest absolute Gasteiger partial charge is 0.199 e. The molecule has 8 heteroatoms. The molecular weight excluding hydrogens is 354 g/mol. The van der Waals surface area contributed by atoms with Gasteiger partial charge in [0.15, 0.2) is 10.3 Å². The van der Waals surface area contributed by atoms with Gasteiger partial charge in [-0.25, -0.2) is 0 Å². The number of piperazine rings is 1. The van der Waals surface area contributed by atoms with Gasteiger partial charge in [0, 0.05) is 51.2 Å². The van der Waals surface area contributed by atoms with Crippen molar-refractivity contribution in [1.82, 2.24) is 4.90 Å². The van der Waals surface area contributed by atoms with Crippen LogP contribution < -0.4 is 16.0 Å². The number of hydrogen-bond donors (Lipinski definition) is 2. The van der Waals surface area contributed by atoms with E-state index in [9.17, 15) is 0 Å². The number of benzene rings is 1. The molecule has 0 radical (unpaired) electrons. The van der Waals surface area contributed by atoms with E-state index in [4.69, 9.17) is 22.7 Å². The predicted molar refractivity (Wildman–Crippen MR) is 113 cm³/mol. The topological polar surface area (TPSA) is 66.1 Å². The van der Waals surface area contributed by atoms with Crippen molar-refractivity contribution in [3.63, 3.8) is 0 Å². The second kappa shape index (κ2) is 10.6. The van der Waals surface area contributed by atoms with Gasteiger partial charge in [0.25, 0.3) is 0 Å². The summed E-state index contributed by atoms with van der Waals surface area (Å²) in [6, 6.07) is 8.28. The molecule has 0 atom stereocenters. The Kier molecular flexibility index (Phi) is 8.47. The van der Waals surface area contributed by atoms with Crippen LogP contribution in [0.15, 0.2) is 29.3 Å². The zero-order valence-corrected chi connectivity index (χ0v) is 16.5. The zero-order chi connectivity index (χ0) is 18.1. The van der Waals surface area contributed by atoms with Gasteiger partial charge >= 0.3 is 0 Å². The molecule has 6 nitrogen and oxygen atoms in total. The van der Waals surface area contributed by atoms with Crippen molar-refractivity contribution in [2.45, 2.75) is 6.92 Å². The van der Waals surface area contributed by atoms with Gasteiger partial charge in [0.1, 0.15) is 0 Å². The fourth-order valence-corrected chi connectivity index (χ4v) is 3.36. The van der Waals surface area contributed by atoms with E-state index in [0.717, 1.165) is 50.8 Å². The van der Waals surface area contributed by atoms with Gasteiger partial charge in [-0.1, -0.05) is 18.7 Å². The fraction of sp³-hybridized carbons (Fsp3) is 0.529. The van der Waals surface area contributed by atoms with Gasteiger partial charge < -0.3 is 20.7 Å². The lowest BCUT2D eigenvalue weighted by Crippen LogP contribution is -2.47. The molecule has 3 N–H and O–H groups in total. The van der Waals surface area contributed by atoms with Gasteiger partial charge in [-0.3, -0.25) is 4.90 Å². The van der Waals surface area contributed by atoms with Crippen molar-refractivity contribution in [3.8, 4) is 0 Å². The van der Waals surface area contributed by atoms with Crippen molar-refractivity contribution in [2.24, 2.45) is 10.7 Å². The quantitative estimate of drug-likeness (QED) is 0.445. The molecular formula is C17H27N5OS2. The largest absolute Gasteiger partial charge is 0.383 e. The Balaban J connectivity index is 1.84. The van der Waals surface area contributed by atoms with Gasteiger partial charge in [-0.15, -0.1) is 0 Å². The zero-order valence-electron chi connectivity index (χ0n) is 14.9. The molecule has 0 saturated carbocycles. The van der Waals surface area contributed by atoms with Crippen molar-refractivity contribution in [2.75, 3.05) is 62.4 Å². The lowest BCUT2D eigenvalue weighted by atomic mass is 10.2. The van der Waals surface area contributed by atoms with Crippen LogP contribution in [0.3, 0.4) is 0 Å². The first kappa shape index (κ1) is 20.0. The van der Waals surface area contributed by atoms with Crippen LogP contribution in [0.25, 0.3) is 0 Å². The number of nitrogens with two attached hydrogens (primary N) is 1. The first-order valence-corrected chi connectivity index (χ1v) is 9.86. The monoisotopic (exact) mass is 381 g/mol. The minimum absolute atomic E-state index is 0.387. The average molecular weight is 382 g/mol. The molecule has 1 aliphatic rings. The van der Waals surface area contributed by atoms with E-state index in [0.29, 0.717) is 10.3 Å². The van der Waals surface area contributed by atoms with Crippen LogP contribution in [0.2, 0.25) is 0 Å². The summed E-state index contributed by atoms with van der Waals surface area (Å²) in [7, 11) is 1.75. The molecule has 2 rings (SSSR count). The molecule has 0 aliphatic carbocycles. The second-order valence-electron chi connectivity index (χ2n) is 5.68. The van der Waals surface area contributed by atoms with Gasteiger partial charge in [0.05, 0.1) is 6.61 Å². The third-order valence-electron chi connectivity index (χ3n) is 3.97. The normalized spacial score (nSPS) is 16.1. The number of nitrogens with one attached hydrogen (secondary N) is 1. The van der Waals surface area contributed by atoms with Gasteiger partial charge in [0.2, 0.25) is 0 Å². The molecule has 0 spiro atoms. The van der Waals surface area contributed by atoms with E-state index in [1.165, 1.54) is 17.4 Å². The summed E-state index contributed by atoms with van der Waals surface area (Å²) in [5.74, 6) is 0.880. The number of thioether (sulfide) groups is 1. The van der Waals surface area contributed by atoms with Crippen LogP contribution in [-0.4, -0.2) is 67.4 Å². The first-order valence-electron chi connectivity index (χ1n) is 8.46. The molecule has 0 aromatic heterocycles. The summed E-state index contributed by atoms with van der Waals surface area (Å²) in [5.41, 5.74) is 7.92. The highest BCUT2D eigenvalue weighted by Gasteiger charge is 2.16. The number of rotatable bonds is 6. The van der Waals surface area contributed by atoms with Crippen LogP contribution in [0.1, 0.15) is 6.92 Å². The van der Waals surface area contributed by atoms with E-state index in [2.05, 4.69) is 32.2 Å². The summed E-state index contributed by atoms with van der Waals surface area (Å²) >= 11 is 6.69. The number of amidine groups is 1. The maximum absolute atomic E-state index is 5.77. The molecule has 1 aromatic rings. The molecule has 0 unspecified atom stereocenters. The van der Waals surface area contributed by atoms with E-state index < -0.39 is 0 Å². The van der Waals surface area contributed by atoms with Crippen LogP contribution in [-0.2, 0) is 4.74 Å². The van der Waals surface area contributed by atoms with Gasteiger partial charge in [-0.05, 0) is 42.2 Å². The summed E-state index contributed by atoms with van der Waals surface area (Å²) in [6.45, 7) is 8.02. The second-order valence-corrected chi connectivity index (χ2v) is 7.35. The Morgan fingerprint density at radius 1 is 1.28 bits per heavy atom. The standard InChI is InChI=1S/C17H27N5OS2/c1-3-25-16(18)20-17(24)19-14-4-6-15(7-5-14)22-10-8-21(9-11-22)12-13-23-2/h4-7H,3,8-13H2,1-2H3,(H3,18,19,20,24). The summed E-state index contributed by atoms with van der Waals surface area (Å²) in [4.78, 5) is 9.00. The maximum Gasteiger partial charge on any atom is 0.199 e. The summed E-state index contributed by atoms with van der Waals surface area (Å²) in [5, 5.41) is 3.98. The number of methoxy groups -OCH3 is 1. The van der Waals surface area contributed by atoms with Gasteiger partial charge in [-0.2, -0.15) is 4.99 Å². The molecule has 0 bridgehead atoms. The molecule has 1 aliphatic heterocycles. The number of ether oxygens (including phenoxy) is 1. The van der Waals surface area contributed by atoms with Crippen LogP contribution in [0.4, 0.5) is 11.4 Å². The van der Waals surface area contributed by atoms with Crippen LogP contribution in [0.5, 0.6) is 0 Å². The first-order chi connectivity index (χ1) is 12.1. The van der Waals surface area contributed by atoms with Crippen LogP contribution >= 0.6 is 24.0 Å². The number of hydrogen-bond acceptors (Lipinski definition) is 5. The Morgan fingerprint density at radius 3 is 2.56 bits per heavy atom.